The first-order valence-corrected chi connectivity index (χ1v) is 16.6. The Morgan fingerprint density at radius 3 is 2.36 bits per heavy atom. The number of hydrogen-bond donors (Lipinski definition) is 2. The van der Waals surface area contributed by atoms with Crippen molar-refractivity contribution >= 4 is 23.1 Å². The summed E-state index contributed by atoms with van der Waals surface area (Å²) in [7, 11) is 2.21. The number of carbonyl (C=O) groups excluding carboxylic acids is 1. The van der Waals surface area contributed by atoms with E-state index in [0.29, 0.717) is 42.5 Å². The molecule has 240 valence electrons. The Morgan fingerprint density at radius 2 is 1.67 bits per heavy atom. The van der Waals surface area contributed by atoms with Crippen molar-refractivity contribution < 1.29 is 9.53 Å². The molecule has 3 aliphatic heterocycles. The van der Waals surface area contributed by atoms with E-state index >= 15 is 0 Å². The van der Waals surface area contributed by atoms with Crippen molar-refractivity contribution in [3.8, 4) is 5.88 Å². The maximum Gasteiger partial charge on any atom is 0.271 e. The van der Waals surface area contributed by atoms with Crippen molar-refractivity contribution in [1.29, 1.82) is 0 Å². The van der Waals surface area contributed by atoms with Crippen LogP contribution >= 0.6 is 0 Å². The highest BCUT2D eigenvalue weighted by Crippen LogP contribution is 2.29. The lowest BCUT2D eigenvalue weighted by atomic mass is 10.0. The molecule has 3 saturated heterocycles. The number of amides is 1. The summed E-state index contributed by atoms with van der Waals surface area (Å²) in [6.07, 6.45) is 5.19. The van der Waals surface area contributed by atoms with Gasteiger partial charge < -0.3 is 25.6 Å². The smallest absolute Gasteiger partial charge is 0.271 e. The van der Waals surface area contributed by atoms with Crippen molar-refractivity contribution in [3.05, 3.63) is 71.5 Å². The number of piperidine rings is 1. The Bertz CT molecular complexity index is 1400. The van der Waals surface area contributed by atoms with Gasteiger partial charge in [0.1, 0.15) is 12.3 Å². The summed E-state index contributed by atoms with van der Waals surface area (Å²) >= 11 is 0. The molecule has 3 aliphatic rings. The molecule has 3 aromatic rings. The number of rotatable bonds is 11. The van der Waals surface area contributed by atoms with Gasteiger partial charge in [-0.2, -0.15) is 4.98 Å². The summed E-state index contributed by atoms with van der Waals surface area (Å²) < 4.78 is 6.33. The van der Waals surface area contributed by atoms with Crippen LogP contribution in [0.5, 0.6) is 5.88 Å². The highest BCUT2D eigenvalue weighted by molar-refractivity contribution is 5.96. The van der Waals surface area contributed by atoms with Crippen LogP contribution in [0.15, 0.2) is 54.6 Å². The van der Waals surface area contributed by atoms with Gasteiger partial charge in [0.25, 0.3) is 5.91 Å². The first-order valence-electron chi connectivity index (χ1n) is 16.6. The molecule has 1 amide bonds. The summed E-state index contributed by atoms with van der Waals surface area (Å²) in [5.41, 5.74) is 9.85. The second-order valence-electron chi connectivity index (χ2n) is 12.7. The molecule has 1 aromatic heterocycles. The quantitative estimate of drug-likeness (QED) is 0.331. The van der Waals surface area contributed by atoms with Crippen molar-refractivity contribution in [2.45, 2.75) is 57.7 Å². The number of likely N-dealkylation sites (N-methyl/N-ethyl adjacent to an activating group) is 1. The first kappa shape index (κ1) is 31.3. The van der Waals surface area contributed by atoms with Crippen LogP contribution in [0.1, 0.15) is 54.4 Å². The van der Waals surface area contributed by atoms with E-state index < -0.39 is 5.91 Å². The minimum absolute atomic E-state index is 0.126. The molecule has 3 fully saturated rings. The minimum Gasteiger partial charge on any atom is -0.475 e. The molecule has 0 bridgehead atoms. The van der Waals surface area contributed by atoms with Gasteiger partial charge in [-0.05, 0) is 75.5 Å². The summed E-state index contributed by atoms with van der Waals surface area (Å²) in [5, 5.41) is 3.30. The van der Waals surface area contributed by atoms with Crippen molar-refractivity contribution in [3.63, 3.8) is 0 Å². The van der Waals surface area contributed by atoms with Gasteiger partial charge in [0.05, 0.1) is 0 Å². The van der Waals surface area contributed by atoms with Crippen molar-refractivity contribution in [2.24, 2.45) is 5.73 Å². The van der Waals surface area contributed by atoms with Gasteiger partial charge in [-0.15, -0.1) is 0 Å². The molecule has 3 N–H and O–H groups in total. The number of carbonyl (C=O) groups is 1. The van der Waals surface area contributed by atoms with Crippen LogP contribution in [0.2, 0.25) is 0 Å². The molecule has 0 spiro atoms. The fourth-order valence-electron chi connectivity index (χ4n) is 6.91. The molecule has 10 heteroatoms. The van der Waals surface area contributed by atoms with Crippen LogP contribution < -0.4 is 20.7 Å². The predicted octanol–water partition coefficient (Wildman–Crippen LogP) is 4.14. The van der Waals surface area contributed by atoms with E-state index in [1.165, 1.54) is 50.3 Å². The number of benzene rings is 2. The molecule has 4 heterocycles. The molecule has 1 atom stereocenters. The van der Waals surface area contributed by atoms with E-state index in [0.717, 1.165) is 44.7 Å². The highest BCUT2D eigenvalue weighted by Gasteiger charge is 2.28. The number of nitrogens with one attached hydrogen (secondary N) is 1. The van der Waals surface area contributed by atoms with Crippen molar-refractivity contribution in [2.75, 3.05) is 69.7 Å². The van der Waals surface area contributed by atoms with Crippen LogP contribution in [-0.2, 0) is 13.0 Å². The number of likely N-dealkylation sites (tertiary alicyclic amines) is 1. The Morgan fingerprint density at radius 1 is 0.933 bits per heavy atom. The lowest BCUT2D eigenvalue weighted by molar-refractivity contribution is 0.0982. The first-order chi connectivity index (χ1) is 22.0. The third kappa shape index (κ3) is 7.74. The van der Waals surface area contributed by atoms with Crippen LogP contribution in [0, 0.1) is 0 Å². The van der Waals surface area contributed by atoms with Crippen LogP contribution in [-0.4, -0.2) is 102 Å². The van der Waals surface area contributed by atoms with Gasteiger partial charge in [-0.3, -0.25) is 14.6 Å². The molecular weight excluding hydrogens is 564 g/mol. The minimum atomic E-state index is -0.615. The summed E-state index contributed by atoms with van der Waals surface area (Å²) in [4.78, 5) is 31.8. The van der Waals surface area contributed by atoms with Gasteiger partial charge >= 0.3 is 0 Å². The number of anilines is 3. The van der Waals surface area contributed by atoms with Gasteiger partial charge in [0, 0.05) is 69.3 Å². The number of hydrogen-bond acceptors (Lipinski definition) is 9. The largest absolute Gasteiger partial charge is 0.475 e. The Kier molecular flexibility index (Phi) is 10.1. The lowest BCUT2D eigenvalue weighted by Gasteiger charge is -2.42. The van der Waals surface area contributed by atoms with Crippen LogP contribution in [0.25, 0.3) is 0 Å². The molecule has 6 rings (SSSR count). The number of aromatic nitrogens is 2. The van der Waals surface area contributed by atoms with Gasteiger partial charge in [-0.1, -0.05) is 37.3 Å². The van der Waals surface area contributed by atoms with E-state index in [4.69, 9.17) is 15.5 Å². The maximum absolute atomic E-state index is 12.4. The standard InChI is InChI=1S/C35H48N8O2/c1-3-31-35(45-25-30-10-7-17-43(30)24-26-8-5-4-6-9-26)39-34(32(38-31)33(36)44)37-27-11-13-28(14-12-27)41-18-15-29(16-19-41)42-22-20-40(2)21-23-42/h4-6,8-9,11-14,29-30H,3,7,10,15-25H2,1-2H3,(H2,36,44)(H,37,39)/t30-/m1/s1. The summed E-state index contributed by atoms with van der Waals surface area (Å²) in [6.45, 7) is 11.3. The normalized spacial score (nSPS) is 20.4. The highest BCUT2D eigenvalue weighted by atomic mass is 16.5. The number of piperazine rings is 1. The zero-order chi connectivity index (χ0) is 31.2. The van der Waals surface area contributed by atoms with Gasteiger partial charge in [0.2, 0.25) is 5.88 Å². The fourth-order valence-corrected chi connectivity index (χ4v) is 6.91. The van der Waals surface area contributed by atoms with E-state index in [1.54, 1.807) is 0 Å². The number of aryl methyl sites for hydroxylation is 1. The van der Waals surface area contributed by atoms with Gasteiger partial charge in [-0.25, -0.2) is 4.98 Å². The molecule has 10 nitrogen and oxygen atoms in total. The Balaban J connectivity index is 1.09. The molecule has 0 unspecified atom stereocenters. The number of ether oxygens (including phenoxy) is 1. The SMILES string of the molecule is CCc1nc(C(N)=O)c(Nc2ccc(N3CCC(N4CCN(C)CC4)CC3)cc2)nc1OC[C@H]1CCCN1Cc1ccccc1. The Labute approximate surface area is 267 Å². The van der Waals surface area contributed by atoms with Crippen LogP contribution in [0.4, 0.5) is 17.2 Å². The van der Waals surface area contributed by atoms with E-state index in [1.807, 2.05) is 25.1 Å². The molecule has 0 radical (unpaired) electrons. The fraction of sp³-hybridized carbons (Fsp3) is 0.514. The monoisotopic (exact) mass is 612 g/mol. The third-order valence-electron chi connectivity index (χ3n) is 9.65. The topological polar surface area (TPSA) is 103 Å². The zero-order valence-corrected chi connectivity index (χ0v) is 26.8. The van der Waals surface area contributed by atoms with E-state index in [9.17, 15) is 4.79 Å². The number of nitrogens with zero attached hydrogens (tertiary/aromatic N) is 6. The molecule has 0 aliphatic carbocycles. The Hall–Kier alpha value is -3.73. The molecule has 2 aromatic carbocycles. The van der Waals surface area contributed by atoms with Crippen LogP contribution in [0.3, 0.4) is 0 Å². The lowest BCUT2D eigenvalue weighted by Crippen LogP contribution is -2.52. The van der Waals surface area contributed by atoms with Crippen molar-refractivity contribution in [1.82, 2.24) is 24.7 Å². The predicted molar refractivity (Wildman–Crippen MR) is 179 cm³/mol. The average Bonchev–Trinajstić information content (AvgIpc) is 3.51. The number of nitrogens with two attached hydrogens (primary N) is 1. The van der Waals surface area contributed by atoms with Gasteiger partial charge in [0.15, 0.2) is 11.5 Å². The maximum atomic E-state index is 12.4. The van der Waals surface area contributed by atoms with E-state index in [-0.39, 0.29) is 5.69 Å². The second-order valence-corrected chi connectivity index (χ2v) is 12.7. The van der Waals surface area contributed by atoms with E-state index in [2.05, 4.69) is 73.3 Å². The zero-order valence-electron chi connectivity index (χ0n) is 26.8. The average molecular weight is 613 g/mol. The molecular formula is C35H48N8O2. The second kappa shape index (κ2) is 14.6. The third-order valence-corrected chi connectivity index (χ3v) is 9.65. The summed E-state index contributed by atoms with van der Waals surface area (Å²) in [6, 6.07) is 19.9. The molecule has 0 saturated carbocycles. The summed E-state index contributed by atoms with van der Waals surface area (Å²) in [5.74, 6) is 0.162. The number of primary amides is 1. The molecule has 45 heavy (non-hydrogen) atoms.